The number of nitriles is 1. The predicted molar refractivity (Wildman–Crippen MR) is 70.1 cm³/mol. The first kappa shape index (κ1) is 11.4. The normalized spacial score (nSPS) is 21.1. The summed E-state index contributed by atoms with van der Waals surface area (Å²) in [4.78, 5) is 0. The molecule has 5 nitrogen and oxygen atoms in total. The molecular weight excluding hydrogens is 226 g/mol. The second-order valence-corrected chi connectivity index (χ2v) is 5.52. The lowest BCUT2D eigenvalue weighted by molar-refractivity contribution is 0.433. The van der Waals surface area contributed by atoms with Gasteiger partial charge in [-0.3, -0.25) is 0 Å². The van der Waals surface area contributed by atoms with Gasteiger partial charge in [0, 0.05) is 6.04 Å². The fourth-order valence-corrected chi connectivity index (χ4v) is 2.49. The molecule has 1 atom stereocenters. The Morgan fingerprint density at radius 2 is 2.17 bits per heavy atom. The van der Waals surface area contributed by atoms with Gasteiger partial charge in [-0.15, -0.1) is 0 Å². The van der Waals surface area contributed by atoms with E-state index in [0.717, 1.165) is 12.8 Å². The van der Waals surface area contributed by atoms with E-state index in [-0.39, 0.29) is 0 Å². The quantitative estimate of drug-likeness (QED) is 0.852. The lowest BCUT2D eigenvalue weighted by Gasteiger charge is -2.26. The van der Waals surface area contributed by atoms with Crippen LogP contribution in [0.2, 0.25) is 0 Å². The molecule has 18 heavy (non-hydrogen) atoms. The van der Waals surface area contributed by atoms with Gasteiger partial charge in [-0.1, -0.05) is 0 Å². The molecular formula is C13H19N5. The minimum absolute atomic E-state index is 0.300. The maximum atomic E-state index is 9.23. The third-order valence-electron chi connectivity index (χ3n) is 4.20. The van der Waals surface area contributed by atoms with E-state index in [1.165, 1.54) is 19.3 Å². The van der Waals surface area contributed by atoms with Crippen LogP contribution in [0.25, 0.3) is 0 Å². The highest BCUT2D eigenvalue weighted by Gasteiger charge is 2.32. The number of nitrogen functional groups attached to an aromatic ring is 1. The standard InChI is InChI=1S/C13H19N5/c1-8(9-5-6-9)18-12(15)11(7-14)13(17-18)16-10-3-2-4-10/h8-10H,2-6,15H2,1H3,(H,16,17). The summed E-state index contributed by atoms with van der Waals surface area (Å²) in [5.74, 6) is 1.86. The zero-order valence-electron chi connectivity index (χ0n) is 10.7. The maximum absolute atomic E-state index is 9.23. The Morgan fingerprint density at radius 1 is 1.44 bits per heavy atom. The molecule has 3 N–H and O–H groups in total. The fourth-order valence-electron chi connectivity index (χ4n) is 2.49. The molecule has 0 radical (unpaired) electrons. The second kappa shape index (κ2) is 4.20. The summed E-state index contributed by atoms with van der Waals surface area (Å²) in [6, 6.07) is 2.95. The molecule has 0 aliphatic heterocycles. The molecule has 0 bridgehead atoms. The van der Waals surface area contributed by atoms with Crippen LogP contribution in [0.4, 0.5) is 11.6 Å². The van der Waals surface area contributed by atoms with Crippen molar-refractivity contribution in [1.29, 1.82) is 5.26 Å². The van der Waals surface area contributed by atoms with E-state index in [0.29, 0.717) is 35.2 Å². The predicted octanol–water partition coefficient (Wildman–Crippen LogP) is 2.27. The van der Waals surface area contributed by atoms with Gasteiger partial charge in [-0.2, -0.15) is 10.4 Å². The summed E-state index contributed by atoms with van der Waals surface area (Å²) in [6.07, 6.45) is 6.07. The Kier molecular flexibility index (Phi) is 2.66. The summed E-state index contributed by atoms with van der Waals surface area (Å²) >= 11 is 0. The molecule has 1 heterocycles. The lowest BCUT2D eigenvalue weighted by Crippen LogP contribution is -2.27. The SMILES string of the molecule is CC(C1CC1)n1nc(NC2CCC2)c(C#N)c1N. The molecule has 2 aliphatic rings. The van der Waals surface area contributed by atoms with Crippen LogP contribution in [-0.2, 0) is 0 Å². The van der Waals surface area contributed by atoms with Crippen LogP contribution in [0.1, 0.15) is 50.6 Å². The van der Waals surface area contributed by atoms with Gasteiger partial charge in [0.05, 0.1) is 6.04 Å². The Morgan fingerprint density at radius 3 is 2.67 bits per heavy atom. The van der Waals surface area contributed by atoms with E-state index in [9.17, 15) is 5.26 Å². The lowest BCUT2D eigenvalue weighted by atomic mass is 9.93. The number of nitrogens with one attached hydrogen (secondary N) is 1. The fraction of sp³-hybridized carbons (Fsp3) is 0.692. The van der Waals surface area contributed by atoms with Gasteiger partial charge in [0.2, 0.25) is 0 Å². The Bertz CT molecular complexity index is 490. The van der Waals surface area contributed by atoms with Gasteiger partial charge in [-0.05, 0) is 44.9 Å². The summed E-state index contributed by atoms with van der Waals surface area (Å²) in [5.41, 5.74) is 6.56. The summed E-state index contributed by atoms with van der Waals surface area (Å²) in [7, 11) is 0. The number of hydrogen-bond acceptors (Lipinski definition) is 4. The summed E-state index contributed by atoms with van der Waals surface area (Å²) in [6.45, 7) is 2.13. The molecule has 0 aromatic carbocycles. The van der Waals surface area contributed by atoms with Crippen LogP contribution >= 0.6 is 0 Å². The zero-order chi connectivity index (χ0) is 12.7. The monoisotopic (exact) mass is 245 g/mol. The molecule has 96 valence electrons. The van der Waals surface area contributed by atoms with Crippen molar-refractivity contribution in [2.75, 3.05) is 11.1 Å². The van der Waals surface area contributed by atoms with Crippen molar-refractivity contribution in [3.63, 3.8) is 0 Å². The van der Waals surface area contributed by atoms with E-state index in [2.05, 4.69) is 23.4 Å². The molecule has 2 saturated carbocycles. The van der Waals surface area contributed by atoms with Crippen LogP contribution < -0.4 is 11.1 Å². The van der Waals surface area contributed by atoms with E-state index in [4.69, 9.17) is 5.73 Å². The van der Waals surface area contributed by atoms with Gasteiger partial charge < -0.3 is 11.1 Å². The first-order chi connectivity index (χ1) is 8.70. The molecule has 3 rings (SSSR count). The number of nitrogens with two attached hydrogens (primary N) is 1. The van der Waals surface area contributed by atoms with Crippen LogP contribution in [0.5, 0.6) is 0 Å². The van der Waals surface area contributed by atoms with Crippen molar-refractivity contribution < 1.29 is 0 Å². The van der Waals surface area contributed by atoms with Crippen LogP contribution in [0.15, 0.2) is 0 Å². The van der Waals surface area contributed by atoms with Crippen LogP contribution in [0.3, 0.4) is 0 Å². The molecule has 1 aromatic rings. The topological polar surface area (TPSA) is 79.7 Å². The zero-order valence-corrected chi connectivity index (χ0v) is 10.7. The summed E-state index contributed by atoms with van der Waals surface area (Å²) < 4.78 is 1.83. The summed E-state index contributed by atoms with van der Waals surface area (Å²) in [5, 5.41) is 17.1. The molecule has 0 amide bonds. The van der Waals surface area contributed by atoms with Crippen LogP contribution in [-0.4, -0.2) is 15.8 Å². The average Bonchev–Trinajstić information content (AvgIpc) is 3.09. The van der Waals surface area contributed by atoms with Crippen molar-refractivity contribution >= 4 is 11.6 Å². The van der Waals surface area contributed by atoms with E-state index in [1.807, 2.05) is 4.68 Å². The van der Waals surface area contributed by atoms with Crippen LogP contribution in [0, 0.1) is 17.2 Å². The molecule has 1 unspecified atom stereocenters. The Balaban J connectivity index is 1.87. The van der Waals surface area contributed by atoms with Gasteiger partial charge in [-0.25, -0.2) is 4.68 Å². The smallest absolute Gasteiger partial charge is 0.168 e. The van der Waals surface area contributed by atoms with Crippen molar-refractivity contribution in [2.24, 2.45) is 5.92 Å². The number of rotatable bonds is 4. The molecule has 2 aliphatic carbocycles. The number of hydrogen-bond donors (Lipinski definition) is 2. The third kappa shape index (κ3) is 1.82. The van der Waals surface area contributed by atoms with E-state index >= 15 is 0 Å². The van der Waals surface area contributed by atoms with Gasteiger partial charge in [0.25, 0.3) is 0 Å². The highest BCUT2D eigenvalue weighted by Crippen LogP contribution is 2.41. The Hall–Kier alpha value is -1.70. The van der Waals surface area contributed by atoms with E-state index < -0.39 is 0 Å². The van der Waals surface area contributed by atoms with Gasteiger partial charge in [0.1, 0.15) is 17.5 Å². The second-order valence-electron chi connectivity index (χ2n) is 5.52. The average molecular weight is 245 g/mol. The number of anilines is 2. The van der Waals surface area contributed by atoms with Gasteiger partial charge >= 0.3 is 0 Å². The molecule has 2 fully saturated rings. The van der Waals surface area contributed by atoms with Crippen molar-refractivity contribution in [3.8, 4) is 6.07 Å². The highest BCUT2D eigenvalue weighted by molar-refractivity contribution is 5.64. The number of nitrogens with zero attached hydrogens (tertiary/aromatic N) is 3. The van der Waals surface area contributed by atoms with Crippen molar-refractivity contribution in [3.05, 3.63) is 5.56 Å². The molecule has 0 spiro atoms. The number of aromatic nitrogens is 2. The maximum Gasteiger partial charge on any atom is 0.168 e. The van der Waals surface area contributed by atoms with Crippen molar-refractivity contribution in [1.82, 2.24) is 9.78 Å². The van der Waals surface area contributed by atoms with Crippen molar-refractivity contribution in [2.45, 2.75) is 51.1 Å². The Labute approximate surface area is 107 Å². The molecule has 5 heteroatoms. The third-order valence-corrected chi connectivity index (χ3v) is 4.20. The first-order valence-electron chi connectivity index (χ1n) is 6.75. The first-order valence-corrected chi connectivity index (χ1v) is 6.75. The largest absolute Gasteiger partial charge is 0.383 e. The minimum Gasteiger partial charge on any atom is -0.383 e. The van der Waals surface area contributed by atoms with Gasteiger partial charge in [0.15, 0.2) is 5.82 Å². The minimum atomic E-state index is 0.300. The molecule has 1 aromatic heterocycles. The van der Waals surface area contributed by atoms with E-state index in [1.54, 1.807) is 0 Å². The molecule has 0 saturated heterocycles. The highest BCUT2D eigenvalue weighted by atomic mass is 15.4.